The van der Waals surface area contributed by atoms with E-state index in [1.165, 1.54) is 19.3 Å². The second kappa shape index (κ2) is 7.36. The number of nitrogens with zero attached hydrogens (tertiary/aromatic N) is 1. The number of guanidine groups is 1. The van der Waals surface area contributed by atoms with Crippen LogP contribution >= 0.6 is 11.6 Å². The van der Waals surface area contributed by atoms with E-state index in [0.717, 1.165) is 18.5 Å². The smallest absolute Gasteiger partial charge is 0.210 e. The van der Waals surface area contributed by atoms with Gasteiger partial charge in [0.2, 0.25) is 5.96 Å². The molecule has 6 heteroatoms. The first-order valence-corrected chi connectivity index (χ1v) is 7.25. The summed E-state index contributed by atoms with van der Waals surface area (Å²) < 4.78 is 5.12. The lowest BCUT2D eigenvalue weighted by atomic mass is 9.96. The molecule has 4 N–H and O–H groups in total. The van der Waals surface area contributed by atoms with Crippen molar-refractivity contribution in [2.75, 3.05) is 12.4 Å². The van der Waals surface area contributed by atoms with Crippen LogP contribution in [0, 0.1) is 0 Å². The first-order chi connectivity index (χ1) is 9.72. The number of aliphatic imine (C=N–C) groups is 1. The number of nitrogens with two attached hydrogens (primary N) is 1. The third kappa shape index (κ3) is 4.02. The van der Waals surface area contributed by atoms with Gasteiger partial charge in [-0.25, -0.2) is 10.8 Å². The maximum Gasteiger partial charge on any atom is 0.210 e. The Hall–Kier alpha value is -1.46. The molecule has 0 amide bonds. The Bertz CT molecular complexity index is 472. The fourth-order valence-corrected chi connectivity index (χ4v) is 2.64. The van der Waals surface area contributed by atoms with E-state index < -0.39 is 0 Å². The zero-order valence-electron chi connectivity index (χ0n) is 11.7. The van der Waals surface area contributed by atoms with Crippen LogP contribution in [0.4, 0.5) is 5.69 Å². The number of ether oxygens (including phenoxy) is 1. The molecule has 0 heterocycles. The lowest BCUT2D eigenvalue weighted by molar-refractivity contribution is 0.415. The molecule has 0 aliphatic heterocycles. The van der Waals surface area contributed by atoms with Crippen molar-refractivity contribution in [3.05, 3.63) is 23.2 Å². The third-order valence-electron chi connectivity index (χ3n) is 3.44. The van der Waals surface area contributed by atoms with Crippen molar-refractivity contribution in [2.24, 2.45) is 10.8 Å². The number of hydrogen-bond acceptors (Lipinski definition) is 3. The molecule has 0 atom stereocenters. The van der Waals surface area contributed by atoms with Gasteiger partial charge in [-0.2, -0.15) is 0 Å². The topological polar surface area (TPSA) is 71.7 Å². The normalized spacial score (nSPS) is 16.9. The Morgan fingerprint density at radius 2 is 2.10 bits per heavy atom. The summed E-state index contributed by atoms with van der Waals surface area (Å²) in [6, 6.07) is 5.81. The van der Waals surface area contributed by atoms with Crippen LogP contribution in [0.2, 0.25) is 5.02 Å². The Morgan fingerprint density at radius 3 is 2.70 bits per heavy atom. The molecule has 0 saturated heterocycles. The van der Waals surface area contributed by atoms with Gasteiger partial charge < -0.3 is 10.1 Å². The second-order valence-corrected chi connectivity index (χ2v) is 5.30. The number of methoxy groups -OCH3 is 1. The van der Waals surface area contributed by atoms with Crippen LogP contribution in [0.3, 0.4) is 0 Å². The highest BCUT2D eigenvalue weighted by atomic mass is 35.5. The fraction of sp³-hybridized carbons (Fsp3) is 0.500. The molecular formula is C14H21ClN4O. The van der Waals surface area contributed by atoms with Crippen LogP contribution in [0.5, 0.6) is 5.75 Å². The fourth-order valence-electron chi connectivity index (χ4n) is 2.38. The minimum atomic E-state index is 0.344. The molecule has 5 nitrogen and oxygen atoms in total. The highest BCUT2D eigenvalue weighted by molar-refractivity contribution is 6.32. The predicted octanol–water partition coefficient (Wildman–Crippen LogP) is 2.91. The first-order valence-electron chi connectivity index (χ1n) is 6.88. The molecule has 1 aromatic rings. The largest absolute Gasteiger partial charge is 0.495 e. The van der Waals surface area contributed by atoms with Crippen LogP contribution in [0.25, 0.3) is 0 Å². The van der Waals surface area contributed by atoms with Gasteiger partial charge >= 0.3 is 0 Å². The Morgan fingerprint density at radius 1 is 1.35 bits per heavy atom. The Kier molecular flexibility index (Phi) is 5.49. The lowest BCUT2D eigenvalue weighted by Crippen LogP contribution is -2.37. The van der Waals surface area contributed by atoms with E-state index in [1.807, 2.05) is 6.07 Å². The lowest BCUT2D eigenvalue weighted by Gasteiger charge is -2.19. The number of rotatable bonds is 3. The molecule has 0 spiro atoms. The summed E-state index contributed by atoms with van der Waals surface area (Å²) in [6.45, 7) is 0. The van der Waals surface area contributed by atoms with Gasteiger partial charge in [-0.05, 0) is 31.0 Å². The number of halogens is 1. The van der Waals surface area contributed by atoms with Crippen LogP contribution in [-0.2, 0) is 0 Å². The van der Waals surface area contributed by atoms with E-state index in [2.05, 4.69) is 15.7 Å². The van der Waals surface area contributed by atoms with Crippen molar-refractivity contribution < 1.29 is 4.74 Å². The van der Waals surface area contributed by atoms with E-state index in [0.29, 0.717) is 22.8 Å². The molecular weight excluding hydrogens is 276 g/mol. The number of nitrogens with one attached hydrogen (secondary N) is 2. The standard InChI is InChI=1S/C14H21ClN4O/c1-20-13-8-7-11(9-12(13)15)18-14(19-16)17-10-5-3-2-4-6-10/h7-10H,2-6,16H2,1H3,(H2,17,18,19). The van der Waals surface area contributed by atoms with Gasteiger partial charge in [0.05, 0.1) is 18.2 Å². The van der Waals surface area contributed by atoms with E-state index in [9.17, 15) is 0 Å². The average molecular weight is 297 g/mol. The van der Waals surface area contributed by atoms with Gasteiger partial charge in [-0.3, -0.25) is 5.43 Å². The number of hydrazine groups is 1. The van der Waals surface area contributed by atoms with Crippen molar-refractivity contribution >= 4 is 23.2 Å². The average Bonchev–Trinajstić information content (AvgIpc) is 2.48. The van der Waals surface area contributed by atoms with Crippen molar-refractivity contribution in [3.63, 3.8) is 0 Å². The second-order valence-electron chi connectivity index (χ2n) is 4.89. The molecule has 20 heavy (non-hydrogen) atoms. The molecule has 1 aliphatic carbocycles. The van der Waals surface area contributed by atoms with E-state index in [1.54, 1.807) is 19.2 Å². The molecule has 110 valence electrons. The Labute approximate surface area is 124 Å². The molecule has 1 saturated carbocycles. The third-order valence-corrected chi connectivity index (χ3v) is 3.73. The Balaban J connectivity index is 2.05. The molecule has 0 radical (unpaired) electrons. The van der Waals surface area contributed by atoms with Gasteiger partial charge in [0.15, 0.2) is 0 Å². The minimum Gasteiger partial charge on any atom is -0.495 e. The summed E-state index contributed by atoms with van der Waals surface area (Å²) in [7, 11) is 1.59. The molecule has 0 bridgehead atoms. The van der Waals surface area contributed by atoms with Crippen molar-refractivity contribution in [1.82, 2.24) is 5.43 Å². The van der Waals surface area contributed by atoms with Crippen molar-refractivity contribution in [1.29, 1.82) is 0 Å². The SMILES string of the molecule is COc1ccc(NC(=NC2CCCCC2)NN)cc1Cl. The summed E-state index contributed by atoms with van der Waals surface area (Å²) >= 11 is 6.09. The minimum absolute atomic E-state index is 0.344. The molecule has 0 unspecified atom stereocenters. The van der Waals surface area contributed by atoms with Crippen LogP contribution in [0.15, 0.2) is 23.2 Å². The van der Waals surface area contributed by atoms with Gasteiger partial charge in [0.1, 0.15) is 5.75 Å². The zero-order chi connectivity index (χ0) is 14.4. The number of anilines is 1. The van der Waals surface area contributed by atoms with Gasteiger partial charge in [0.25, 0.3) is 0 Å². The van der Waals surface area contributed by atoms with Gasteiger partial charge in [-0.1, -0.05) is 30.9 Å². The molecule has 1 aliphatic rings. The summed E-state index contributed by atoms with van der Waals surface area (Å²) in [6.07, 6.45) is 6.02. The monoisotopic (exact) mass is 296 g/mol. The van der Waals surface area contributed by atoms with E-state index in [-0.39, 0.29) is 0 Å². The van der Waals surface area contributed by atoms with Crippen molar-refractivity contribution in [2.45, 2.75) is 38.1 Å². The first kappa shape index (κ1) is 14.9. The maximum absolute atomic E-state index is 6.09. The van der Waals surface area contributed by atoms with Crippen LogP contribution in [-0.4, -0.2) is 19.1 Å². The predicted molar refractivity (Wildman–Crippen MR) is 83.3 cm³/mol. The van der Waals surface area contributed by atoms with Crippen molar-refractivity contribution in [3.8, 4) is 5.75 Å². The molecule has 2 rings (SSSR count). The quantitative estimate of drug-likeness (QED) is 0.347. The summed E-state index contributed by atoms with van der Waals surface area (Å²) in [5.74, 6) is 6.74. The van der Waals surface area contributed by atoms with E-state index >= 15 is 0 Å². The summed E-state index contributed by atoms with van der Waals surface area (Å²) in [5, 5.41) is 3.69. The van der Waals surface area contributed by atoms with Crippen LogP contribution < -0.4 is 21.3 Å². The zero-order valence-corrected chi connectivity index (χ0v) is 12.4. The highest BCUT2D eigenvalue weighted by Gasteiger charge is 2.13. The van der Waals surface area contributed by atoms with Gasteiger partial charge in [-0.15, -0.1) is 0 Å². The summed E-state index contributed by atoms with van der Waals surface area (Å²) in [4.78, 5) is 4.62. The number of hydrogen-bond donors (Lipinski definition) is 3. The molecule has 1 fully saturated rings. The van der Waals surface area contributed by atoms with Crippen LogP contribution in [0.1, 0.15) is 32.1 Å². The molecule has 0 aromatic heterocycles. The maximum atomic E-state index is 6.09. The summed E-state index contributed by atoms with van der Waals surface area (Å²) in [5.41, 5.74) is 3.43. The number of benzene rings is 1. The van der Waals surface area contributed by atoms with E-state index in [4.69, 9.17) is 22.2 Å². The highest BCUT2D eigenvalue weighted by Crippen LogP contribution is 2.27. The molecule has 1 aromatic carbocycles. The van der Waals surface area contributed by atoms with Gasteiger partial charge in [0, 0.05) is 5.69 Å².